The summed E-state index contributed by atoms with van der Waals surface area (Å²) in [4.78, 5) is 11.4. The highest BCUT2D eigenvalue weighted by Gasteiger charge is 2.06. The lowest BCUT2D eigenvalue weighted by Crippen LogP contribution is -2.21. The molecule has 0 heterocycles. The first-order chi connectivity index (χ1) is 8.54. The van der Waals surface area contributed by atoms with E-state index in [1.165, 1.54) is 0 Å². The zero-order valence-electron chi connectivity index (χ0n) is 9.74. The fourth-order valence-electron chi connectivity index (χ4n) is 1.22. The highest BCUT2D eigenvalue weighted by atomic mass is 35.5. The molecule has 1 aromatic rings. The third kappa shape index (κ3) is 4.47. The van der Waals surface area contributed by atoms with E-state index in [0.717, 1.165) is 6.08 Å². The Morgan fingerprint density at radius 1 is 1.50 bits per heavy atom. The predicted octanol–water partition coefficient (Wildman–Crippen LogP) is 3.05. The Morgan fingerprint density at radius 3 is 2.89 bits per heavy atom. The number of aliphatic hydroxyl groups excluding tert-OH is 1. The van der Waals surface area contributed by atoms with Gasteiger partial charge in [-0.25, -0.2) is 0 Å². The van der Waals surface area contributed by atoms with Crippen molar-refractivity contribution >= 4 is 29.1 Å². The maximum Gasteiger partial charge on any atom is 0.282 e. The van der Waals surface area contributed by atoms with E-state index in [-0.39, 0.29) is 13.2 Å². The fourth-order valence-corrected chi connectivity index (χ4v) is 1.61. The van der Waals surface area contributed by atoms with Crippen LogP contribution in [0.5, 0.6) is 0 Å². The lowest BCUT2D eigenvalue weighted by molar-refractivity contribution is -0.117. The summed E-state index contributed by atoms with van der Waals surface area (Å²) >= 11 is 11.8. The molecule has 6 heteroatoms. The fraction of sp³-hybridized carbons (Fsp3) is 0.250. The number of halogens is 2. The second-order valence-electron chi connectivity index (χ2n) is 3.35. The van der Waals surface area contributed by atoms with E-state index in [9.17, 15) is 4.79 Å². The van der Waals surface area contributed by atoms with Crippen LogP contribution in [0.25, 0.3) is 0 Å². The quantitative estimate of drug-likeness (QED) is 0.647. The van der Waals surface area contributed by atoms with Gasteiger partial charge in [0.05, 0.1) is 22.7 Å². The summed E-state index contributed by atoms with van der Waals surface area (Å²) in [5, 5.41) is 12.5. The summed E-state index contributed by atoms with van der Waals surface area (Å²) in [6.07, 6.45) is 0.960. The molecule has 0 bridgehead atoms. The Labute approximate surface area is 115 Å². The van der Waals surface area contributed by atoms with Gasteiger partial charge in [0.15, 0.2) is 0 Å². The lowest BCUT2D eigenvalue weighted by atomic mass is 10.2. The maximum atomic E-state index is 11.4. The number of aliphatic hydroxyl groups is 1. The van der Waals surface area contributed by atoms with Crippen LogP contribution in [0.3, 0.4) is 0 Å². The summed E-state index contributed by atoms with van der Waals surface area (Å²) < 4.78 is 4.72. The SMILES string of the molecule is CCO/C(O)=C/C(=O)NCc1cccc(Cl)c1Cl. The molecule has 0 aliphatic rings. The highest BCUT2D eigenvalue weighted by Crippen LogP contribution is 2.25. The normalized spacial score (nSPS) is 11.2. The summed E-state index contributed by atoms with van der Waals surface area (Å²) in [6.45, 7) is 2.21. The second-order valence-corrected chi connectivity index (χ2v) is 4.13. The minimum Gasteiger partial charge on any atom is -0.481 e. The zero-order chi connectivity index (χ0) is 13.5. The number of nitrogens with one attached hydrogen (secondary N) is 1. The second kappa shape index (κ2) is 7.13. The smallest absolute Gasteiger partial charge is 0.282 e. The van der Waals surface area contributed by atoms with Crippen LogP contribution in [0.15, 0.2) is 30.2 Å². The van der Waals surface area contributed by atoms with E-state index >= 15 is 0 Å². The van der Waals surface area contributed by atoms with E-state index in [1.807, 2.05) is 0 Å². The van der Waals surface area contributed by atoms with Crippen LogP contribution < -0.4 is 5.32 Å². The molecule has 0 aliphatic heterocycles. The standard InChI is InChI=1S/C12H13Cl2NO3/c1-2-18-11(17)6-10(16)15-7-8-4-3-5-9(13)12(8)14/h3-6,17H,2,7H2,1H3,(H,15,16)/b11-6+. The predicted molar refractivity (Wildman–Crippen MR) is 70.6 cm³/mol. The summed E-state index contributed by atoms with van der Waals surface area (Å²) in [5.74, 6) is -0.899. The molecule has 0 aliphatic carbocycles. The van der Waals surface area contributed by atoms with Gasteiger partial charge in [0.25, 0.3) is 11.9 Å². The van der Waals surface area contributed by atoms with Gasteiger partial charge in [-0.15, -0.1) is 0 Å². The first-order valence-corrected chi connectivity index (χ1v) is 6.04. The topological polar surface area (TPSA) is 58.6 Å². The maximum absolute atomic E-state index is 11.4. The molecule has 1 amide bonds. The Hall–Kier alpha value is -1.39. The van der Waals surface area contributed by atoms with Gasteiger partial charge in [-0.3, -0.25) is 4.79 Å². The average Bonchev–Trinajstić information content (AvgIpc) is 2.31. The molecule has 0 radical (unpaired) electrons. The van der Waals surface area contributed by atoms with Crippen LogP contribution in [-0.2, 0) is 16.1 Å². The number of carbonyl (C=O) groups excluding carboxylic acids is 1. The van der Waals surface area contributed by atoms with Crippen LogP contribution in [0, 0.1) is 0 Å². The minimum atomic E-state index is -0.475. The van der Waals surface area contributed by atoms with Gasteiger partial charge in [-0.05, 0) is 18.6 Å². The van der Waals surface area contributed by atoms with E-state index < -0.39 is 11.9 Å². The number of rotatable bonds is 5. The van der Waals surface area contributed by atoms with Gasteiger partial charge < -0.3 is 15.2 Å². The van der Waals surface area contributed by atoms with Gasteiger partial charge in [-0.1, -0.05) is 35.3 Å². The van der Waals surface area contributed by atoms with Crippen LogP contribution in [0.1, 0.15) is 12.5 Å². The van der Waals surface area contributed by atoms with Crippen LogP contribution in [0.2, 0.25) is 10.0 Å². The minimum absolute atomic E-state index is 0.216. The van der Waals surface area contributed by atoms with Crippen molar-refractivity contribution in [3.8, 4) is 0 Å². The molecule has 0 saturated carbocycles. The van der Waals surface area contributed by atoms with Crippen LogP contribution in [-0.4, -0.2) is 17.6 Å². The molecule has 0 atom stereocenters. The molecule has 1 aromatic carbocycles. The van der Waals surface area contributed by atoms with Crippen molar-refractivity contribution in [1.29, 1.82) is 0 Å². The molecule has 0 fully saturated rings. The van der Waals surface area contributed by atoms with Gasteiger partial charge in [0.1, 0.15) is 0 Å². The van der Waals surface area contributed by atoms with Crippen molar-refractivity contribution in [1.82, 2.24) is 5.32 Å². The van der Waals surface area contributed by atoms with Gasteiger partial charge in [0.2, 0.25) is 0 Å². The molecule has 0 saturated heterocycles. The first-order valence-electron chi connectivity index (χ1n) is 5.28. The van der Waals surface area contributed by atoms with Crippen molar-refractivity contribution in [3.63, 3.8) is 0 Å². The van der Waals surface area contributed by atoms with Crippen molar-refractivity contribution < 1.29 is 14.6 Å². The third-order valence-corrected chi connectivity index (χ3v) is 2.89. The molecule has 0 aromatic heterocycles. The van der Waals surface area contributed by atoms with E-state index in [2.05, 4.69) is 5.32 Å². The third-order valence-electron chi connectivity index (χ3n) is 2.03. The van der Waals surface area contributed by atoms with Crippen molar-refractivity contribution in [2.75, 3.05) is 6.61 Å². The summed E-state index contributed by atoms with van der Waals surface area (Å²) in [5.41, 5.74) is 0.696. The Morgan fingerprint density at radius 2 is 2.22 bits per heavy atom. The molecule has 2 N–H and O–H groups in total. The first kappa shape index (κ1) is 14.7. The zero-order valence-corrected chi connectivity index (χ0v) is 11.3. The lowest BCUT2D eigenvalue weighted by Gasteiger charge is -2.06. The van der Waals surface area contributed by atoms with Crippen molar-refractivity contribution in [2.45, 2.75) is 13.5 Å². The molecule has 1 rings (SSSR count). The Bertz CT molecular complexity index is 461. The summed E-state index contributed by atoms with van der Waals surface area (Å²) in [7, 11) is 0. The van der Waals surface area contributed by atoms with E-state index in [1.54, 1.807) is 25.1 Å². The van der Waals surface area contributed by atoms with Gasteiger partial charge in [-0.2, -0.15) is 0 Å². The number of hydrogen-bond donors (Lipinski definition) is 2. The molecular formula is C12H13Cl2NO3. The molecule has 98 valence electrons. The number of hydrogen-bond acceptors (Lipinski definition) is 3. The van der Waals surface area contributed by atoms with Crippen LogP contribution in [0.4, 0.5) is 0 Å². The monoisotopic (exact) mass is 289 g/mol. The van der Waals surface area contributed by atoms with Gasteiger partial charge >= 0.3 is 0 Å². The van der Waals surface area contributed by atoms with Crippen molar-refractivity contribution in [2.24, 2.45) is 0 Å². The molecule has 4 nitrogen and oxygen atoms in total. The Kier molecular flexibility index (Phi) is 5.82. The Balaban J connectivity index is 2.58. The molecule has 0 unspecified atom stereocenters. The molecule has 0 spiro atoms. The number of ether oxygens (including phenoxy) is 1. The van der Waals surface area contributed by atoms with Crippen LogP contribution >= 0.6 is 23.2 Å². The largest absolute Gasteiger partial charge is 0.481 e. The average molecular weight is 290 g/mol. The summed E-state index contributed by atoms with van der Waals surface area (Å²) in [6, 6.07) is 5.15. The number of benzene rings is 1. The number of carbonyl (C=O) groups is 1. The van der Waals surface area contributed by atoms with Crippen molar-refractivity contribution in [3.05, 3.63) is 45.8 Å². The van der Waals surface area contributed by atoms with E-state index in [4.69, 9.17) is 33.0 Å². The number of amides is 1. The van der Waals surface area contributed by atoms with E-state index in [0.29, 0.717) is 15.6 Å². The molecular weight excluding hydrogens is 277 g/mol. The molecule has 18 heavy (non-hydrogen) atoms. The van der Waals surface area contributed by atoms with Gasteiger partial charge in [0, 0.05) is 6.54 Å². The highest BCUT2D eigenvalue weighted by molar-refractivity contribution is 6.42.